The topological polar surface area (TPSA) is 48.8 Å². The molecule has 3 heterocycles. The van der Waals surface area contributed by atoms with E-state index in [1.165, 1.54) is 11.1 Å². The summed E-state index contributed by atoms with van der Waals surface area (Å²) < 4.78 is 18.9. The van der Waals surface area contributed by atoms with Crippen molar-refractivity contribution in [3.63, 3.8) is 0 Å². The van der Waals surface area contributed by atoms with Gasteiger partial charge in [-0.25, -0.2) is 4.98 Å². The molecule has 1 aliphatic carbocycles. The summed E-state index contributed by atoms with van der Waals surface area (Å²) in [5.74, 6) is 2.18. The number of allylic oxidation sites excluding steroid dienone is 2. The van der Waals surface area contributed by atoms with E-state index in [4.69, 9.17) is 19.2 Å². The van der Waals surface area contributed by atoms with Crippen LogP contribution in [0.5, 0.6) is 0 Å². The minimum atomic E-state index is -0.449. The zero-order chi connectivity index (χ0) is 18.5. The maximum atomic E-state index is 5.79. The highest BCUT2D eigenvalue weighted by molar-refractivity contribution is 7.99. The smallest absolute Gasteiger partial charge is 0.219 e. The van der Waals surface area contributed by atoms with Crippen LogP contribution < -0.4 is 4.90 Å². The molecule has 0 amide bonds. The molecule has 0 saturated heterocycles. The quantitative estimate of drug-likeness (QED) is 0.448. The molecule has 3 aliphatic rings. The van der Waals surface area contributed by atoms with Gasteiger partial charge >= 0.3 is 0 Å². The van der Waals surface area contributed by atoms with Crippen LogP contribution in [0.2, 0.25) is 0 Å². The molecule has 2 unspecified atom stereocenters. The molecule has 0 N–H and O–H groups in total. The van der Waals surface area contributed by atoms with Crippen LogP contribution in [-0.2, 0) is 14.2 Å². The fourth-order valence-corrected chi connectivity index (χ4v) is 4.90. The number of hydrogen-bond acceptors (Lipinski definition) is 6. The lowest BCUT2D eigenvalue weighted by atomic mass is 9.80. The molecule has 1 spiro atoms. The number of ether oxygens (including phenoxy) is 3. The number of methoxy groups -OCH3 is 3. The third kappa shape index (κ3) is 2.17. The summed E-state index contributed by atoms with van der Waals surface area (Å²) in [6.45, 7) is 4.25. The molecule has 4 rings (SSSR count). The molecule has 138 valence electrons. The zero-order valence-electron chi connectivity index (χ0n) is 15.6. The van der Waals surface area contributed by atoms with Gasteiger partial charge in [0, 0.05) is 14.2 Å². The summed E-state index contributed by atoms with van der Waals surface area (Å²) in [5.41, 5.74) is 3.06. The minimum absolute atomic E-state index is 0.0450. The molecular formula is C19H23N3O3S. The fourth-order valence-electron chi connectivity index (χ4n) is 4.24. The number of rotatable bonds is 5. The van der Waals surface area contributed by atoms with E-state index in [2.05, 4.69) is 35.5 Å². The highest BCUT2D eigenvalue weighted by Crippen LogP contribution is 2.53. The van der Waals surface area contributed by atoms with Crippen LogP contribution in [0.4, 0.5) is 5.95 Å². The van der Waals surface area contributed by atoms with E-state index in [-0.39, 0.29) is 6.10 Å². The molecule has 2 aliphatic heterocycles. The van der Waals surface area contributed by atoms with Gasteiger partial charge in [0.1, 0.15) is 16.7 Å². The summed E-state index contributed by atoms with van der Waals surface area (Å²) >= 11 is 1.62. The maximum Gasteiger partial charge on any atom is 0.219 e. The van der Waals surface area contributed by atoms with E-state index in [9.17, 15) is 0 Å². The fraction of sp³-hybridized carbons (Fsp3) is 0.421. The predicted molar refractivity (Wildman–Crippen MR) is 103 cm³/mol. The van der Waals surface area contributed by atoms with Crippen LogP contribution >= 0.6 is 11.8 Å². The Hall–Kier alpha value is -1.96. The molecule has 26 heavy (non-hydrogen) atoms. The summed E-state index contributed by atoms with van der Waals surface area (Å²) in [6, 6.07) is 0. The van der Waals surface area contributed by atoms with Gasteiger partial charge in [0.15, 0.2) is 5.88 Å². The lowest BCUT2D eigenvalue weighted by Gasteiger charge is -2.41. The monoisotopic (exact) mass is 373 g/mol. The van der Waals surface area contributed by atoms with E-state index >= 15 is 0 Å². The molecule has 1 aromatic heterocycles. The average molecular weight is 373 g/mol. The van der Waals surface area contributed by atoms with E-state index in [1.54, 1.807) is 33.1 Å². The van der Waals surface area contributed by atoms with Crippen molar-refractivity contribution in [3.05, 3.63) is 47.5 Å². The molecule has 0 saturated carbocycles. The molecule has 0 fully saturated rings. The van der Waals surface area contributed by atoms with E-state index in [0.717, 1.165) is 22.6 Å². The van der Waals surface area contributed by atoms with Gasteiger partial charge < -0.3 is 14.2 Å². The summed E-state index contributed by atoms with van der Waals surface area (Å²) in [5, 5.41) is 1.04. The Bertz CT molecular complexity index is 867. The van der Waals surface area contributed by atoms with Gasteiger partial charge in [0.25, 0.3) is 0 Å². The highest BCUT2D eigenvalue weighted by atomic mass is 32.2. The van der Waals surface area contributed by atoms with Crippen molar-refractivity contribution in [1.82, 2.24) is 9.55 Å². The van der Waals surface area contributed by atoms with Crippen molar-refractivity contribution in [2.24, 2.45) is 0 Å². The predicted octanol–water partition coefficient (Wildman–Crippen LogP) is 3.40. The average Bonchev–Trinajstić information content (AvgIpc) is 3.15. The van der Waals surface area contributed by atoms with E-state index < -0.39 is 5.54 Å². The molecular weight excluding hydrogens is 350 g/mol. The lowest BCUT2D eigenvalue weighted by Crippen LogP contribution is -2.47. The van der Waals surface area contributed by atoms with Crippen molar-refractivity contribution in [2.45, 2.75) is 30.5 Å². The van der Waals surface area contributed by atoms with Gasteiger partial charge in [-0.3, -0.25) is 9.47 Å². The first-order chi connectivity index (χ1) is 12.6. The van der Waals surface area contributed by atoms with Crippen molar-refractivity contribution in [3.8, 4) is 0 Å². The van der Waals surface area contributed by atoms with Crippen LogP contribution in [0.15, 0.2) is 52.6 Å². The molecule has 0 aromatic carbocycles. The highest BCUT2D eigenvalue weighted by Gasteiger charge is 2.53. The Balaban J connectivity index is 1.98. The molecule has 1 aromatic rings. The molecule has 2 atom stereocenters. The number of nitrogens with zero attached hydrogens (tertiary/aromatic N) is 3. The van der Waals surface area contributed by atoms with Crippen molar-refractivity contribution in [1.29, 1.82) is 0 Å². The summed E-state index contributed by atoms with van der Waals surface area (Å²) in [7, 11) is 5.15. The first-order valence-electron chi connectivity index (χ1n) is 8.46. The second kappa shape index (κ2) is 6.33. The largest absolute Gasteiger partial charge is 0.482 e. The molecule has 0 radical (unpaired) electrons. The van der Waals surface area contributed by atoms with Gasteiger partial charge in [-0.2, -0.15) is 0 Å². The van der Waals surface area contributed by atoms with Gasteiger partial charge in [-0.15, -0.1) is 0 Å². The first-order valence-corrected chi connectivity index (χ1v) is 9.44. The third-order valence-corrected chi connectivity index (χ3v) is 6.03. The summed E-state index contributed by atoms with van der Waals surface area (Å²) in [4.78, 5) is 6.87. The van der Waals surface area contributed by atoms with Crippen LogP contribution in [-0.4, -0.2) is 48.5 Å². The van der Waals surface area contributed by atoms with Crippen LogP contribution in [0.3, 0.4) is 0 Å². The third-order valence-electron chi connectivity index (χ3n) is 5.09. The second-order valence-electron chi connectivity index (χ2n) is 6.55. The Labute approximate surface area is 157 Å². The number of imidazole rings is 1. The molecule has 6 nitrogen and oxygen atoms in total. The van der Waals surface area contributed by atoms with Crippen molar-refractivity contribution < 1.29 is 14.2 Å². The minimum Gasteiger partial charge on any atom is -0.482 e. The standard InChI is InChI=1S/C19H23N3O3S/c1-12-9-19-8-6-7-14(24-4)22(19)18-20-10-15(26-11-23-3)21(18)17(19)13(2)16(12)25-5/h6-10,16H,11H2,1-5H3. The van der Waals surface area contributed by atoms with Crippen LogP contribution in [0.1, 0.15) is 13.8 Å². The zero-order valence-corrected chi connectivity index (χ0v) is 16.5. The second-order valence-corrected chi connectivity index (χ2v) is 7.49. The Morgan fingerprint density at radius 3 is 2.77 bits per heavy atom. The number of hydrogen-bond donors (Lipinski definition) is 0. The Kier molecular flexibility index (Phi) is 4.25. The van der Waals surface area contributed by atoms with Crippen molar-refractivity contribution >= 4 is 23.4 Å². The Morgan fingerprint density at radius 2 is 2.08 bits per heavy atom. The maximum absolute atomic E-state index is 5.79. The SMILES string of the molecule is COCSc1cnc2n1C1=C(C)C(OC)C(C)=CC13C=CC=C(OC)N23. The summed E-state index contributed by atoms with van der Waals surface area (Å²) in [6.07, 6.45) is 10.3. The number of thioether (sulfide) groups is 1. The molecule has 0 bridgehead atoms. The number of fused-ring (bicyclic) bond motifs is 3. The number of aromatic nitrogens is 2. The van der Waals surface area contributed by atoms with Gasteiger partial charge in [-0.1, -0.05) is 17.8 Å². The van der Waals surface area contributed by atoms with E-state index in [0.29, 0.717) is 5.94 Å². The van der Waals surface area contributed by atoms with Crippen LogP contribution in [0.25, 0.3) is 5.70 Å². The lowest BCUT2D eigenvalue weighted by molar-refractivity contribution is 0.157. The van der Waals surface area contributed by atoms with Gasteiger partial charge in [0.05, 0.1) is 24.9 Å². The normalized spacial score (nSPS) is 26.3. The Morgan fingerprint density at radius 1 is 1.27 bits per heavy atom. The first kappa shape index (κ1) is 17.5. The van der Waals surface area contributed by atoms with E-state index in [1.807, 2.05) is 18.3 Å². The number of anilines is 1. The molecule has 7 heteroatoms. The van der Waals surface area contributed by atoms with Crippen LogP contribution in [0, 0.1) is 0 Å². The van der Waals surface area contributed by atoms with Crippen molar-refractivity contribution in [2.75, 3.05) is 32.2 Å². The van der Waals surface area contributed by atoms with Gasteiger partial charge in [0.2, 0.25) is 5.95 Å². The van der Waals surface area contributed by atoms with Gasteiger partial charge in [-0.05, 0) is 43.2 Å².